The Morgan fingerprint density at radius 3 is 2.50 bits per heavy atom. The Balaban J connectivity index is 1.37. The fraction of sp³-hybridized carbons (Fsp3) is 0.222. The molecule has 0 atom stereocenters. The summed E-state index contributed by atoms with van der Waals surface area (Å²) in [6, 6.07) is 6.06. The van der Waals surface area contributed by atoms with E-state index in [1.807, 2.05) is 47.4 Å². The fourth-order valence-electron chi connectivity index (χ4n) is 3.33. The van der Waals surface area contributed by atoms with Crippen molar-refractivity contribution in [3.05, 3.63) is 53.7 Å². The van der Waals surface area contributed by atoms with Crippen molar-refractivity contribution in [3.8, 4) is 0 Å². The molecule has 1 aromatic carbocycles. The number of hydrogen-bond acceptors (Lipinski definition) is 6. The molecule has 3 aromatic heterocycles. The summed E-state index contributed by atoms with van der Waals surface area (Å²) in [6.45, 7) is 3.43. The summed E-state index contributed by atoms with van der Waals surface area (Å²) in [5, 5.41) is 1.04. The number of nitrogens with zero attached hydrogens (tertiary/aromatic N) is 7. The third kappa shape index (κ3) is 2.66. The van der Waals surface area contributed by atoms with Crippen LogP contribution in [0.3, 0.4) is 0 Å². The molecule has 130 valence electrons. The lowest BCUT2D eigenvalue weighted by Gasteiger charge is -2.35. The lowest BCUT2D eigenvalue weighted by atomic mass is 10.2. The lowest BCUT2D eigenvalue weighted by molar-refractivity contribution is 0.636. The van der Waals surface area contributed by atoms with Gasteiger partial charge in [0, 0.05) is 67.0 Å². The average molecular weight is 410 g/mol. The van der Waals surface area contributed by atoms with E-state index in [0.29, 0.717) is 0 Å². The van der Waals surface area contributed by atoms with Crippen molar-refractivity contribution in [2.75, 3.05) is 36.0 Å². The third-order valence-corrected chi connectivity index (χ3v) is 5.18. The van der Waals surface area contributed by atoms with Crippen LogP contribution in [-0.4, -0.2) is 50.5 Å². The van der Waals surface area contributed by atoms with Crippen LogP contribution in [0.1, 0.15) is 0 Å². The topological polar surface area (TPSA) is 62.5 Å². The monoisotopic (exact) mass is 409 g/mol. The van der Waals surface area contributed by atoms with Crippen LogP contribution in [0.15, 0.2) is 53.7 Å². The molecular formula is C18H16BrN7. The second kappa shape index (κ2) is 6.21. The normalized spacial score (nSPS) is 15.1. The molecule has 8 heteroatoms. The summed E-state index contributed by atoms with van der Waals surface area (Å²) in [4.78, 5) is 22.7. The summed E-state index contributed by atoms with van der Waals surface area (Å²) in [5.74, 6) is 1.72. The first-order valence-electron chi connectivity index (χ1n) is 8.48. The SMILES string of the molecule is Brc1ccc2nc(N3CCN(c4nccn5ccnc45)CC3)ncc2c1. The quantitative estimate of drug-likeness (QED) is 0.507. The number of imidazole rings is 1. The van der Waals surface area contributed by atoms with Crippen LogP contribution >= 0.6 is 15.9 Å². The molecule has 1 aliphatic rings. The second-order valence-corrected chi connectivity index (χ2v) is 7.17. The van der Waals surface area contributed by atoms with Crippen molar-refractivity contribution < 1.29 is 0 Å². The number of benzene rings is 1. The molecule has 0 bridgehead atoms. The van der Waals surface area contributed by atoms with Gasteiger partial charge in [0.15, 0.2) is 11.5 Å². The van der Waals surface area contributed by atoms with E-state index in [1.54, 1.807) is 6.20 Å². The third-order valence-electron chi connectivity index (χ3n) is 4.68. The van der Waals surface area contributed by atoms with Gasteiger partial charge in [-0.15, -0.1) is 0 Å². The largest absolute Gasteiger partial charge is 0.350 e. The summed E-state index contributed by atoms with van der Waals surface area (Å²) in [5.41, 5.74) is 1.86. The van der Waals surface area contributed by atoms with E-state index in [0.717, 1.165) is 59.0 Å². The zero-order valence-electron chi connectivity index (χ0n) is 14.0. The molecule has 0 aliphatic carbocycles. The van der Waals surface area contributed by atoms with E-state index >= 15 is 0 Å². The van der Waals surface area contributed by atoms with E-state index < -0.39 is 0 Å². The Morgan fingerprint density at radius 1 is 0.885 bits per heavy atom. The maximum absolute atomic E-state index is 4.72. The van der Waals surface area contributed by atoms with Gasteiger partial charge in [0.05, 0.1) is 5.52 Å². The van der Waals surface area contributed by atoms with Gasteiger partial charge in [-0.3, -0.25) is 0 Å². The minimum atomic E-state index is 0.784. The van der Waals surface area contributed by atoms with Crippen molar-refractivity contribution in [2.24, 2.45) is 0 Å². The molecule has 26 heavy (non-hydrogen) atoms. The smallest absolute Gasteiger partial charge is 0.225 e. The Kier molecular flexibility index (Phi) is 3.70. The zero-order valence-corrected chi connectivity index (χ0v) is 15.5. The van der Waals surface area contributed by atoms with E-state index in [4.69, 9.17) is 4.98 Å². The van der Waals surface area contributed by atoms with Crippen molar-refractivity contribution in [1.29, 1.82) is 0 Å². The highest BCUT2D eigenvalue weighted by molar-refractivity contribution is 9.10. The molecule has 4 heterocycles. The molecule has 5 rings (SSSR count). The second-order valence-electron chi connectivity index (χ2n) is 6.26. The van der Waals surface area contributed by atoms with Gasteiger partial charge in [0.25, 0.3) is 0 Å². The molecule has 7 nitrogen and oxygen atoms in total. The number of aromatic nitrogens is 5. The van der Waals surface area contributed by atoms with Crippen LogP contribution in [0.5, 0.6) is 0 Å². The van der Waals surface area contributed by atoms with Gasteiger partial charge >= 0.3 is 0 Å². The van der Waals surface area contributed by atoms with Crippen LogP contribution in [0, 0.1) is 0 Å². The van der Waals surface area contributed by atoms with Crippen LogP contribution in [0.4, 0.5) is 11.8 Å². The lowest BCUT2D eigenvalue weighted by Crippen LogP contribution is -2.47. The number of fused-ring (bicyclic) bond motifs is 2. The molecule has 4 aromatic rings. The summed E-state index contributed by atoms with van der Waals surface area (Å²) >= 11 is 3.49. The minimum absolute atomic E-state index is 0.784. The molecular weight excluding hydrogens is 394 g/mol. The Labute approximate surface area is 158 Å². The maximum Gasteiger partial charge on any atom is 0.225 e. The van der Waals surface area contributed by atoms with Gasteiger partial charge in [-0.2, -0.15) is 0 Å². The molecule has 1 aliphatic heterocycles. The maximum atomic E-state index is 4.72. The van der Waals surface area contributed by atoms with Crippen LogP contribution in [0.2, 0.25) is 0 Å². The highest BCUT2D eigenvalue weighted by Crippen LogP contribution is 2.22. The molecule has 0 radical (unpaired) electrons. The van der Waals surface area contributed by atoms with Crippen LogP contribution in [0.25, 0.3) is 16.6 Å². The fourth-order valence-corrected chi connectivity index (χ4v) is 3.71. The first-order valence-corrected chi connectivity index (χ1v) is 9.27. The van der Waals surface area contributed by atoms with Gasteiger partial charge in [-0.1, -0.05) is 15.9 Å². The van der Waals surface area contributed by atoms with Gasteiger partial charge < -0.3 is 14.2 Å². The molecule has 0 saturated carbocycles. The number of anilines is 2. The summed E-state index contributed by atoms with van der Waals surface area (Å²) in [7, 11) is 0. The molecule has 1 saturated heterocycles. The summed E-state index contributed by atoms with van der Waals surface area (Å²) < 4.78 is 3.04. The van der Waals surface area contributed by atoms with Crippen molar-refractivity contribution >= 4 is 44.2 Å². The predicted octanol–water partition coefficient (Wildman–Crippen LogP) is 2.76. The van der Waals surface area contributed by atoms with Crippen LogP contribution in [-0.2, 0) is 0 Å². The van der Waals surface area contributed by atoms with Crippen molar-refractivity contribution in [1.82, 2.24) is 24.3 Å². The Morgan fingerprint density at radius 2 is 1.65 bits per heavy atom. The first-order chi connectivity index (χ1) is 12.8. The Bertz CT molecular complexity index is 1090. The van der Waals surface area contributed by atoms with Gasteiger partial charge in [-0.25, -0.2) is 19.9 Å². The number of piperazine rings is 1. The number of hydrogen-bond donors (Lipinski definition) is 0. The standard InChI is InChI=1S/C18H16BrN7/c19-14-1-2-15-13(11-14)12-22-18(23-15)26-9-7-25(8-10-26)17-16-20-3-5-24(16)6-4-21-17/h1-6,11-12H,7-10H2. The molecule has 0 unspecified atom stereocenters. The van der Waals surface area contributed by atoms with E-state index in [2.05, 4.69) is 40.7 Å². The van der Waals surface area contributed by atoms with Gasteiger partial charge in [0.2, 0.25) is 5.95 Å². The predicted molar refractivity (Wildman–Crippen MR) is 105 cm³/mol. The highest BCUT2D eigenvalue weighted by Gasteiger charge is 2.22. The van der Waals surface area contributed by atoms with E-state index in [-0.39, 0.29) is 0 Å². The van der Waals surface area contributed by atoms with E-state index in [1.165, 1.54) is 0 Å². The van der Waals surface area contributed by atoms with Gasteiger partial charge in [-0.05, 0) is 18.2 Å². The Hall–Kier alpha value is -2.74. The van der Waals surface area contributed by atoms with Crippen molar-refractivity contribution in [2.45, 2.75) is 0 Å². The molecule has 0 spiro atoms. The zero-order chi connectivity index (χ0) is 17.5. The molecule has 0 N–H and O–H groups in total. The van der Waals surface area contributed by atoms with Gasteiger partial charge in [0.1, 0.15) is 0 Å². The minimum Gasteiger partial charge on any atom is -0.350 e. The average Bonchev–Trinajstić information content (AvgIpc) is 3.16. The number of rotatable bonds is 2. The highest BCUT2D eigenvalue weighted by atomic mass is 79.9. The molecule has 1 fully saturated rings. The summed E-state index contributed by atoms with van der Waals surface area (Å²) in [6.07, 6.45) is 9.38. The van der Waals surface area contributed by atoms with Crippen molar-refractivity contribution in [3.63, 3.8) is 0 Å². The van der Waals surface area contributed by atoms with E-state index in [9.17, 15) is 0 Å². The first kappa shape index (κ1) is 15.5. The number of halogens is 1. The van der Waals surface area contributed by atoms with Crippen LogP contribution < -0.4 is 9.80 Å². The molecule has 0 amide bonds.